The molecule has 6 nitrogen and oxygen atoms in total. The molecule has 0 aliphatic carbocycles. The summed E-state index contributed by atoms with van der Waals surface area (Å²) in [4.78, 5) is 19.5. The number of aliphatic imine (C=N–C) groups is 1. The van der Waals surface area contributed by atoms with Crippen molar-refractivity contribution >= 4 is 22.9 Å². The first-order valence-corrected chi connectivity index (χ1v) is 11.9. The number of thioether (sulfide) groups is 1. The minimum Gasteiger partial charge on any atom is -0.490 e. The van der Waals surface area contributed by atoms with Gasteiger partial charge in [0.15, 0.2) is 16.7 Å². The predicted octanol–water partition coefficient (Wildman–Crippen LogP) is 5.74. The van der Waals surface area contributed by atoms with Crippen molar-refractivity contribution in [3.8, 4) is 11.5 Å². The Labute approximate surface area is 198 Å². The average molecular weight is 465 g/mol. The number of fused-ring (bicyclic) bond motifs is 1. The zero-order valence-corrected chi connectivity index (χ0v) is 20.1. The van der Waals surface area contributed by atoms with E-state index in [0.29, 0.717) is 42.6 Å². The van der Waals surface area contributed by atoms with Crippen LogP contribution in [0.15, 0.2) is 70.3 Å². The fourth-order valence-corrected chi connectivity index (χ4v) is 4.73. The van der Waals surface area contributed by atoms with Gasteiger partial charge >= 0.3 is 5.97 Å². The maximum atomic E-state index is 12.9. The number of rotatable bonds is 8. The first-order valence-electron chi connectivity index (χ1n) is 11.0. The number of ether oxygens (including phenoxy) is 3. The van der Waals surface area contributed by atoms with Gasteiger partial charge in [0.05, 0.1) is 30.5 Å². The Bertz CT molecular complexity index is 1140. The summed E-state index contributed by atoms with van der Waals surface area (Å²) < 4.78 is 17.4. The largest absolute Gasteiger partial charge is 0.490 e. The Morgan fingerprint density at radius 2 is 1.91 bits per heavy atom. The summed E-state index contributed by atoms with van der Waals surface area (Å²) in [6, 6.07) is 13.7. The number of hydrogen-bond donors (Lipinski definition) is 0. The van der Waals surface area contributed by atoms with Gasteiger partial charge in [0, 0.05) is 6.20 Å². The fraction of sp³-hybridized carbons (Fsp3) is 0.308. The Morgan fingerprint density at radius 3 is 2.67 bits per heavy atom. The van der Waals surface area contributed by atoms with Crippen LogP contribution in [0.2, 0.25) is 0 Å². The summed E-state index contributed by atoms with van der Waals surface area (Å²) in [5, 5.41) is 2.80. The molecule has 2 heterocycles. The van der Waals surface area contributed by atoms with Crippen LogP contribution in [0.25, 0.3) is 0 Å². The van der Waals surface area contributed by atoms with Crippen LogP contribution in [0.4, 0.5) is 0 Å². The number of amidine groups is 1. The molecule has 0 radical (unpaired) electrons. The summed E-state index contributed by atoms with van der Waals surface area (Å²) in [5.41, 5.74) is 4.39. The minimum absolute atomic E-state index is 0.305. The van der Waals surface area contributed by atoms with Crippen molar-refractivity contribution in [1.82, 2.24) is 4.90 Å². The van der Waals surface area contributed by atoms with Crippen molar-refractivity contribution in [2.24, 2.45) is 4.99 Å². The molecular formula is C26H28N2O4S. The maximum absolute atomic E-state index is 12.9. The third-order valence-corrected chi connectivity index (χ3v) is 6.15. The molecule has 172 valence electrons. The molecule has 0 fully saturated rings. The summed E-state index contributed by atoms with van der Waals surface area (Å²) in [6.45, 7) is 8.91. The highest BCUT2D eigenvalue weighted by atomic mass is 32.2. The van der Waals surface area contributed by atoms with E-state index in [1.54, 1.807) is 6.92 Å². The van der Waals surface area contributed by atoms with E-state index in [1.165, 1.54) is 17.3 Å². The van der Waals surface area contributed by atoms with Crippen molar-refractivity contribution in [3.63, 3.8) is 0 Å². The van der Waals surface area contributed by atoms with Gasteiger partial charge in [-0.1, -0.05) is 47.7 Å². The van der Waals surface area contributed by atoms with Gasteiger partial charge in [0.25, 0.3) is 0 Å². The fourth-order valence-electron chi connectivity index (χ4n) is 3.94. The van der Waals surface area contributed by atoms with Crippen LogP contribution >= 0.6 is 11.8 Å². The van der Waals surface area contributed by atoms with Gasteiger partial charge in [-0.05, 0) is 56.4 Å². The lowest BCUT2D eigenvalue weighted by Crippen LogP contribution is -2.34. The Hall–Kier alpha value is -3.19. The number of carbonyl (C=O) groups is 1. The number of benzene rings is 2. The maximum Gasteiger partial charge on any atom is 0.338 e. The molecule has 0 aromatic heterocycles. The quantitative estimate of drug-likeness (QED) is 0.464. The third-order valence-electron chi connectivity index (χ3n) is 5.38. The molecule has 0 bridgehead atoms. The highest BCUT2D eigenvalue weighted by molar-refractivity contribution is 8.16. The van der Waals surface area contributed by atoms with Crippen molar-refractivity contribution in [2.45, 2.75) is 40.3 Å². The Morgan fingerprint density at radius 1 is 1.06 bits per heavy atom. The summed E-state index contributed by atoms with van der Waals surface area (Å²) >= 11 is 1.53. The lowest BCUT2D eigenvalue weighted by atomic mass is 9.94. The molecule has 33 heavy (non-hydrogen) atoms. The number of allylic oxidation sites excluding steroid dienone is 1. The van der Waals surface area contributed by atoms with E-state index >= 15 is 0 Å². The van der Waals surface area contributed by atoms with Crippen LogP contribution in [0.3, 0.4) is 0 Å². The van der Waals surface area contributed by atoms with Gasteiger partial charge in [0.2, 0.25) is 0 Å². The van der Waals surface area contributed by atoms with Gasteiger partial charge in [-0.15, -0.1) is 0 Å². The monoisotopic (exact) mass is 464 g/mol. The number of esters is 1. The van der Waals surface area contributed by atoms with Gasteiger partial charge in [-0.2, -0.15) is 0 Å². The zero-order chi connectivity index (χ0) is 23.4. The van der Waals surface area contributed by atoms with Gasteiger partial charge in [-0.25, -0.2) is 9.79 Å². The number of aryl methyl sites for hydroxylation is 1. The van der Waals surface area contributed by atoms with Crippen LogP contribution in [-0.2, 0) is 16.1 Å². The molecular weight excluding hydrogens is 436 g/mol. The topological polar surface area (TPSA) is 60.4 Å². The summed E-state index contributed by atoms with van der Waals surface area (Å²) in [7, 11) is 0. The molecule has 0 amide bonds. The molecule has 7 heteroatoms. The predicted molar refractivity (Wildman–Crippen MR) is 131 cm³/mol. The Balaban J connectivity index is 1.68. The van der Waals surface area contributed by atoms with Gasteiger partial charge in [0.1, 0.15) is 6.61 Å². The van der Waals surface area contributed by atoms with E-state index in [-0.39, 0.29) is 12.0 Å². The highest BCUT2D eigenvalue weighted by Gasteiger charge is 2.37. The van der Waals surface area contributed by atoms with Crippen LogP contribution in [0, 0.1) is 6.92 Å². The van der Waals surface area contributed by atoms with Gasteiger partial charge in [-0.3, -0.25) is 0 Å². The first kappa shape index (κ1) is 23.0. The van der Waals surface area contributed by atoms with Crippen molar-refractivity contribution in [1.29, 1.82) is 0 Å². The van der Waals surface area contributed by atoms with E-state index < -0.39 is 0 Å². The van der Waals surface area contributed by atoms with E-state index in [4.69, 9.17) is 14.2 Å². The van der Waals surface area contributed by atoms with Crippen LogP contribution in [-0.4, -0.2) is 29.3 Å². The number of carbonyl (C=O) groups excluding carboxylic acids is 1. The molecule has 0 saturated carbocycles. The molecule has 1 atom stereocenters. The molecule has 0 N–H and O–H groups in total. The molecule has 0 unspecified atom stereocenters. The van der Waals surface area contributed by atoms with Gasteiger partial charge < -0.3 is 19.1 Å². The van der Waals surface area contributed by atoms with Crippen LogP contribution < -0.4 is 9.47 Å². The molecule has 2 aliphatic rings. The van der Waals surface area contributed by atoms with Crippen LogP contribution in [0.1, 0.15) is 43.5 Å². The standard InChI is InChI=1S/C26H28N2O4S/c1-5-30-22-15-20(10-11-21(22)32-16-19-9-7-8-17(3)14-19)24-23(25(29)31-6-2)18(4)27-26-28(24)12-13-33-26/h7-15,24H,5-6,16H2,1-4H3/t24-/m0/s1. The molecule has 2 aliphatic heterocycles. The summed E-state index contributed by atoms with van der Waals surface area (Å²) in [6.07, 6.45) is 1.95. The van der Waals surface area contributed by atoms with E-state index in [0.717, 1.165) is 16.3 Å². The smallest absolute Gasteiger partial charge is 0.338 e. The molecule has 2 aromatic carbocycles. The van der Waals surface area contributed by atoms with Crippen molar-refractivity contribution in [3.05, 3.63) is 82.0 Å². The second kappa shape index (κ2) is 10.2. The zero-order valence-electron chi connectivity index (χ0n) is 19.3. The second-order valence-corrected chi connectivity index (χ2v) is 8.62. The highest BCUT2D eigenvalue weighted by Crippen LogP contribution is 2.43. The number of hydrogen-bond acceptors (Lipinski definition) is 7. The van der Waals surface area contributed by atoms with Crippen LogP contribution in [0.5, 0.6) is 11.5 Å². The lowest BCUT2D eigenvalue weighted by Gasteiger charge is -2.33. The Kier molecular flexibility index (Phi) is 7.08. The molecule has 4 rings (SSSR count). The van der Waals surface area contributed by atoms with E-state index in [1.807, 2.05) is 60.7 Å². The minimum atomic E-state index is -0.356. The van der Waals surface area contributed by atoms with Crippen molar-refractivity contribution < 1.29 is 19.0 Å². The average Bonchev–Trinajstić information content (AvgIpc) is 3.25. The molecule has 2 aromatic rings. The van der Waals surface area contributed by atoms with E-state index in [2.05, 4.69) is 24.0 Å². The number of nitrogens with zero attached hydrogens (tertiary/aromatic N) is 2. The first-order chi connectivity index (χ1) is 16.0. The normalized spacial score (nSPS) is 17.0. The van der Waals surface area contributed by atoms with Crippen molar-refractivity contribution in [2.75, 3.05) is 13.2 Å². The molecule has 0 spiro atoms. The molecule has 0 saturated heterocycles. The summed E-state index contributed by atoms with van der Waals surface area (Å²) in [5.74, 6) is 0.950. The third kappa shape index (κ3) is 4.93. The van der Waals surface area contributed by atoms with E-state index in [9.17, 15) is 4.79 Å². The lowest BCUT2D eigenvalue weighted by molar-refractivity contribution is -0.139. The SMILES string of the molecule is CCOC(=O)C1=C(C)N=C2SC=CN2[C@H]1c1ccc(OCc2cccc(C)c2)c(OCC)c1. The second-order valence-electron chi connectivity index (χ2n) is 7.74.